The van der Waals surface area contributed by atoms with E-state index in [4.69, 9.17) is 14.9 Å². The minimum absolute atomic E-state index is 0.0356. The fourth-order valence-electron chi connectivity index (χ4n) is 2.64. The minimum atomic E-state index is -0.816. The smallest absolute Gasteiger partial charge is 0.374 e. The SMILES string of the molecule is NC(=O)CCN(C(=O)COC(=O)c1ccc(Cn2cccn2)o1)c1ccc(F)cc1. The third-order valence-corrected chi connectivity index (χ3v) is 4.09. The molecule has 3 rings (SSSR count). The van der Waals surface area contributed by atoms with Crippen LogP contribution in [0.5, 0.6) is 0 Å². The van der Waals surface area contributed by atoms with Gasteiger partial charge in [0.1, 0.15) is 11.6 Å². The Morgan fingerprint density at radius 2 is 1.93 bits per heavy atom. The molecule has 9 nitrogen and oxygen atoms in total. The second-order valence-electron chi connectivity index (χ2n) is 6.28. The number of carbonyl (C=O) groups excluding carboxylic acids is 3. The Labute approximate surface area is 170 Å². The van der Waals surface area contributed by atoms with Gasteiger partial charge in [0.05, 0.1) is 6.54 Å². The molecule has 0 saturated carbocycles. The highest BCUT2D eigenvalue weighted by Gasteiger charge is 2.20. The first-order valence-corrected chi connectivity index (χ1v) is 9.00. The zero-order valence-electron chi connectivity index (χ0n) is 15.9. The maximum atomic E-state index is 13.2. The van der Waals surface area contributed by atoms with Crippen LogP contribution in [0.25, 0.3) is 0 Å². The lowest BCUT2D eigenvalue weighted by atomic mass is 10.2. The number of halogens is 1. The van der Waals surface area contributed by atoms with E-state index in [1.54, 1.807) is 29.2 Å². The predicted octanol–water partition coefficient (Wildman–Crippen LogP) is 1.73. The van der Waals surface area contributed by atoms with Crippen molar-refractivity contribution in [2.45, 2.75) is 13.0 Å². The Bertz CT molecular complexity index is 1010. The molecule has 0 unspecified atom stereocenters. The van der Waals surface area contributed by atoms with Gasteiger partial charge in [0.15, 0.2) is 6.61 Å². The molecular formula is C20H19FN4O5. The van der Waals surface area contributed by atoms with Crippen molar-refractivity contribution in [2.75, 3.05) is 18.1 Å². The Morgan fingerprint density at radius 1 is 1.17 bits per heavy atom. The highest BCUT2D eigenvalue weighted by Crippen LogP contribution is 2.16. The Balaban J connectivity index is 1.61. The van der Waals surface area contributed by atoms with Crippen LogP contribution in [-0.4, -0.2) is 40.7 Å². The van der Waals surface area contributed by atoms with Gasteiger partial charge in [-0.05, 0) is 42.5 Å². The van der Waals surface area contributed by atoms with Crippen molar-refractivity contribution in [3.05, 3.63) is 72.2 Å². The van der Waals surface area contributed by atoms with Crippen LogP contribution in [0.1, 0.15) is 22.7 Å². The summed E-state index contributed by atoms with van der Waals surface area (Å²) in [6.45, 7) is -0.291. The molecular weight excluding hydrogens is 395 g/mol. The Hall–Kier alpha value is -3.95. The highest BCUT2D eigenvalue weighted by atomic mass is 19.1. The van der Waals surface area contributed by atoms with Gasteiger partial charge in [-0.25, -0.2) is 9.18 Å². The highest BCUT2D eigenvalue weighted by molar-refractivity contribution is 5.97. The molecule has 0 atom stereocenters. The molecule has 0 saturated heterocycles. The number of carbonyl (C=O) groups is 3. The second kappa shape index (κ2) is 9.50. The largest absolute Gasteiger partial charge is 0.452 e. The average molecular weight is 414 g/mol. The van der Waals surface area contributed by atoms with Crippen molar-refractivity contribution in [2.24, 2.45) is 5.73 Å². The van der Waals surface area contributed by atoms with Crippen LogP contribution in [0.3, 0.4) is 0 Å². The third-order valence-electron chi connectivity index (χ3n) is 4.09. The summed E-state index contributed by atoms with van der Waals surface area (Å²) < 4.78 is 25.2. The Morgan fingerprint density at radius 3 is 2.60 bits per heavy atom. The van der Waals surface area contributed by atoms with E-state index in [0.717, 1.165) is 0 Å². The first-order valence-electron chi connectivity index (χ1n) is 9.00. The lowest BCUT2D eigenvalue weighted by Crippen LogP contribution is -2.37. The summed E-state index contributed by atoms with van der Waals surface area (Å²) in [6.07, 6.45) is 3.26. The molecule has 0 fully saturated rings. The van der Waals surface area contributed by atoms with E-state index in [1.165, 1.54) is 35.2 Å². The van der Waals surface area contributed by atoms with Crippen molar-refractivity contribution in [3.8, 4) is 0 Å². The molecule has 0 radical (unpaired) electrons. The zero-order valence-corrected chi connectivity index (χ0v) is 15.9. The third kappa shape index (κ3) is 5.53. The van der Waals surface area contributed by atoms with E-state index in [2.05, 4.69) is 5.10 Å². The van der Waals surface area contributed by atoms with Crippen LogP contribution in [0.2, 0.25) is 0 Å². The number of amides is 2. The maximum absolute atomic E-state index is 13.2. The summed E-state index contributed by atoms with van der Waals surface area (Å²) in [5.74, 6) is -2.06. The van der Waals surface area contributed by atoms with Crippen LogP contribution in [0, 0.1) is 5.82 Å². The number of aromatic nitrogens is 2. The molecule has 2 amide bonds. The van der Waals surface area contributed by atoms with Crippen molar-refractivity contribution in [3.63, 3.8) is 0 Å². The molecule has 0 aliphatic carbocycles. The molecule has 3 aromatic rings. The van der Waals surface area contributed by atoms with Crippen LogP contribution in [0.4, 0.5) is 10.1 Å². The van der Waals surface area contributed by atoms with Crippen LogP contribution < -0.4 is 10.6 Å². The number of esters is 1. The lowest BCUT2D eigenvalue weighted by Gasteiger charge is -2.22. The van der Waals surface area contributed by atoms with Gasteiger partial charge in [-0.2, -0.15) is 5.10 Å². The van der Waals surface area contributed by atoms with Crippen molar-refractivity contribution >= 4 is 23.5 Å². The van der Waals surface area contributed by atoms with Gasteiger partial charge in [-0.1, -0.05) is 0 Å². The number of nitrogens with two attached hydrogens (primary N) is 1. The van der Waals surface area contributed by atoms with Gasteiger partial charge >= 0.3 is 5.97 Å². The summed E-state index contributed by atoms with van der Waals surface area (Å²) in [6, 6.07) is 9.92. The van der Waals surface area contributed by atoms with Gasteiger partial charge < -0.3 is 19.8 Å². The number of rotatable bonds is 9. The molecule has 10 heteroatoms. The number of anilines is 1. The summed E-state index contributed by atoms with van der Waals surface area (Å²) in [4.78, 5) is 37.1. The topological polar surface area (TPSA) is 121 Å². The fraction of sp³-hybridized carbons (Fsp3) is 0.200. The summed E-state index contributed by atoms with van der Waals surface area (Å²) in [7, 11) is 0. The molecule has 0 bridgehead atoms. The van der Waals surface area contributed by atoms with Gasteiger partial charge in [-0.15, -0.1) is 0 Å². The number of ether oxygens (including phenoxy) is 1. The second-order valence-corrected chi connectivity index (χ2v) is 6.28. The quantitative estimate of drug-likeness (QED) is 0.533. The summed E-state index contributed by atoms with van der Waals surface area (Å²) >= 11 is 0. The number of hydrogen-bond donors (Lipinski definition) is 1. The number of hydrogen-bond acceptors (Lipinski definition) is 6. The minimum Gasteiger partial charge on any atom is -0.452 e. The van der Waals surface area contributed by atoms with Gasteiger partial charge in [-0.3, -0.25) is 14.3 Å². The lowest BCUT2D eigenvalue weighted by molar-refractivity contribution is -0.122. The number of benzene rings is 1. The van der Waals surface area contributed by atoms with E-state index in [0.29, 0.717) is 18.0 Å². The summed E-state index contributed by atoms with van der Waals surface area (Å²) in [5, 5.41) is 4.04. The molecule has 0 aliphatic rings. The maximum Gasteiger partial charge on any atom is 0.374 e. The van der Waals surface area contributed by atoms with E-state index < -0.39 is 30.2 Å². The first-order chi connectivity index (χ1) is 14.4. The molecule has 2 heterocycles. The summed E-state index contributed by atoms with van der Waals surface area (Å²) in [5.41, 5.74) is 5.50. The predicted molar refractivity (Wildman–Crippen MR) is 103 cm³/mol. The molecule has 1 aromatic carbocycles. The van der Waals surface area contributed by atoms with Crippen LogP contribution in [0.15, 0.2) is 59.3 Å². The average Bonchev–Trinajstić information content (AvgIpc) is 3.40. The van der Waals surface area contributed by atoms with Gasteiger partial charge in [0, 0.05) is 31.0 Å². The van der Waals surface area contributed by atoms with E-state index in [9.17, 15) is 18.8 Å². The van der Waals surface area contributed by atoms with Crippen molar-refractivity contribution in [1.82, 2.24) is 9.78 Å². The molecule has 2 N–H and O–H groups in total. The van der Waals surface area contributed by atoms with Crippen LogP contribution in [-0.2, 0) is 20.9 Å². The van der Waals surface area contributed by atoms with E-state index in [-0.39, 0.29) is 18.7 Å². The monoisotopic (exact) mass is 414 g/mol. The number of furan rings is 1. The zero-order chi connectivity index (χ0) is 21.5. The number of primary amides is 1. The fourth-order valence-corrected chi connectivity index (χ4v) is 2.64. The van der Waals surface area contributed by atoms with Crippen LogP contribution >= 0.6 is 0 Å². The normalized spacial score (nSPS) is 10.6. The molecule has 156 valence electrons. The van der Waals surface area contributed by atoms with Gasteiger partial charge in [0.2, 0.25) is 11.7 Å². The first kappa shape index (κ1) is 20.8. The number of nitrogens with zero attached hydrogens (tertiary/aromatic N) is 3. The van der Waals surface area contributed by atoms with E-state index >= 15 is 0 Å². The molecule has 30 heavy (non-hydrogen) atoms. The molecule has 0 spiro atoms. The Kier molecular flexibility index (Phi) is 6.58. The standard InChI is InChI=1S/C20H19FN4O5/c21-14-2-4-15(5-3-14)25(11-8-18(22)26)19(27)13-29-20(28)17-7-6-16(30-17)12-24-10-1-9-23-24/h1-7,9-10H,8,11-13H2,(H2,22,26). The van der Waals surface area contributed by atoms with Gasteiger partial charge in [0.25, 0.3) is 5.91 Å². The van der Waals surface area contributed by atoms with E-state index in [1.807, 2.05) is 0 Å². The van der Waals surface area contributed by atoms with Crippen molar-refractivity contribution < 1.29 is 27.9 Å². The molecule has 0 aliphatic heterocycles. The van der Waals surface area contributed by atoms with Crippen molar-refractivity contribution in [1.29, 1.82) is 0 Å². The molecule has 2 aromatic heterocycles.